The first-order valence-corrected chi connectivity index (χ1v) is 7.90. The van der Waals surface area contributed by atoms with Crippen LogP contribution in [0.25, 0.3) is 0 Å². The van der Waals surface area contributed by atoms with Crippen LogP contribution in [0, 0.1) is 0 Å². The van der Waals surface area contributed by atoms with Gasteiger partial charge >= 0.3 is 0 Å². The third-order valence-corrected chi connectivity index (χ3v) is 4.65. The van der Waals surface area contributed by atoms with Crippen molar-refractivity contribution in [1.29, 1.82) is 0 Å². The van der Waals surface area contributed by atoms with E-state index < -0.39 is 0 Å². The van der Waals surface area contributed by atoms with Gasteiger partial charge in [-0.1, -0.05) is 37.2 Å². The highest BCUT2D eigenvalue weighted by Crippen LogP contribution is 2.29. The number of benzene rings is 1. The first-order valence-electron chi connectivity index (χ1n) is 7.49. The van der Waals surface area contributed by atoms with Crippen molar-refractivity contribution >= 4 is 23.1 Å². The molecule has 5 heteroatoms. The number of hydrogen-bond donors (Lipinski definition) is 1. The molecule has 2 aliphatic rings. The van der Waals surface area contributed by atoms with Gasteiger partial charge in [-0.05, 0) is 25.0 Å². The molecule has 1 saturated carbocycles. The zero-order chi connectivity index (χ0) is 14.8. The number of carbonyl (C=O) groups excluding carboxylic acids is 1. The van der Waals surface area contributed by atoms with Crippen molar-refractivity contribution in [3.8, 4) is 0 Å². The van der Waals surface area contributed by atoms with Gasteiger partial charge in [-0.15, -0.1) is 0 Å². The van der Waals surface area contributed by atoms with E-state index in [1.165, 1.54) is 12.8 Å². The van der Waals surface area contributed by atoms with Crippen LogP contribution in [0.2, 0.25) is 0 Å². The van der Waals surface area contributed by atoms with Crippen LogP contribution < -0.4 is 5.73 Å². The number of fused-ring (bicyclic) bond motifs is 1. The fourth-order valence-corrected chi connectivity index (χ4v) is 3.43. The maximum absolute atomic E-state index is 12.7. The topological polar surface area (TPSA) is 55.6 Å². The second-order valence-corrected chi connectivity index (χ2v) is 6.14. The highest BCUT2D eigenvalue weighted by Gasteiger charge is 2.36. The van der Waals surface area contributed by atoms with E-state index in [1.807, 2.05) is 29.2 Å². The zero-order valence-corrected chi connectivity index (χ0v) is 12.8. The molecule has 21 heavy (non-hydrogen) atoms. The van der Waals surface area contributed by atoms with Gasteiger partial charge in [0.15, 0.2) is 0 Å². The van der Waals surface area contributed by atoms with Gasteiger partial charge in [0.25, 0.3) is 5.91 Å². The maximum Gasteiger partial charge on any atom is 0.254 e. The molecule has 1 aromatic rings. The molecule has 1 aromatic carbocycles. The summed E-state index contributed by atoms with van der Waals surface area (Å²) < 4.78 is 5.82. The van der Waals surface area contributed by atoms with Gasteiger partial charge in [0.1, 0.15) is 4.99 Å². The Bertz CT molecular complexity index is 542. The largest absolute Gasteiger partial charge is 0.389 e. The predicted molar refractivity (Wildman–Crippen MR) is 85.4 cm³/mol. The van der Waals surface area contributed by atoms with Crippen molar-refractivity contribution in [3.63, 3.8) is 0 Å². The second kappa shape index (κ2) is 6.12. The Labute approximate surface area is 130 Å². The van der Waals surface area contributed by atoms with Gasteiger partial charge < -0.3 is 15.4 Å². The zero-order valence-electron chi connectivity index (χ0n) is 12.0. The molecule has 1 saturated heterocycles. The number of nitrogens with two attached hydrogens (primary N) is 1. The van der Waals surface area contributed by atoms with E-state index in [-0.39, 0.29) is 18.1 Å². The molecule has 1 heterocycles. The molecule has 112 valence electrons. The number of ether oxygens (including phenoxy) is 1. The van der Waals surface area contributed by atoms with Gasteiger partial charge in [0.05, 0.1) is 18.8 Å². The molecule has 0 bridgehead atoms. The summed E-state index contributed by atoms with van der Waals surface area (Å²) in [4.78, 5) is 15.1. The molecular weight excluding hydrogens is 284 g/mol. The Balaban J connectivity index is 1.78. The lowest BCUT2D eigenvalue weighted by atomic mass is 9.89. The average molecular weight is 304 g/mol. The van der Waals surface area contributed by atoms with E-state index in [1.54, 1.807) is 0 Å². The SMILES string of the molecule is NC(=S)c1ccc(C(=O)N2CCOC3CCCCC32)cc1. The lowest BCUT2D eigenvalue weighted by molar-refractivity contribution is -0.0752. The van der Waals surface area contributed by atoms with E-state index in [0.717, 1.165) is 18.4 Å². The fraction of sp³-hybridized carbons (Fsp3) is 0.500. The Morgan fingerprint density at radius 3 is 2.57 bits per heavy atom. The van der Waals surface area contributed by atoms with Crippen LogP contribution in [0.4, 0.5) is 0 Å². The fourth-order valence-electron chi connectivity index (χ4n) is 3.29. The molecule has 1 amide bonds. The van der Waals surface area contributed by atoms with E-state index >= 15 is 0 Å². The van der Waals surface area contributed by atoms with Gasteiger partial charge in [-0.25, -0.2) is 0 Å². The van der Waals surface area contributed by atoms with Crippen molar-refractivity contribution in [2.24, 2.45) is 5.73 Å². The van der Waals surface area contributed by atoms with Crippen molar-refractivity contribution < 1.29 is 9.53 Å². The van der Waals surface area contributed by atoms with Crippen LogP contribution in [-0.4, -0.2) is 41.1 Å². The van der Waals surface area contributed by atoms with E-state index in [2.05, 4.69) is 0 Å². The summed E-state index contributed by atoms with van der Waals surface area (Å²) in [6.07, 6.45) is 4.70. The monoisotopic (exact) mass is 304 g/mol. The minimum absolute atomic E-state index is 0.0877. The molecule has 0 spiro atoms. The first kappa shape index (κ1) is 14.5. The molecule has 1 aliphatic heterocycles. The van der Waals surface area contributed by atoms with Gasteiger partial charge in [0, 0.05) is 17.7 Å². The minimum Gasteiger partial charge on any atom is -0.389 e. The smallest absolute Gasteiger partial charge is 0.254 e. The summed E-state index contributed by atoms with van der Waals surface area (Å²) in [5.74, 6) is 0.0877. The summed E-state index contributed by atoms with van der Waals surface area (Å²) in [5, 5.41) is 0. The summed E-state index contributed by atoms with van der Waals surface area (Å²) in [6, 6.07) is 7.48. The lowest BCUT2D eigenvalue weighted by Crippen LogP contribution is -2.54. The number of thiocarbonyl (C=S) groups is 1. The van der Waals surface area contributed by atoms with E-state index in [4.69, 9.17) is 22.7 Å². The molecule has 0 radical (unpaired) electrons. The number of amides is 1. The molecule has 2 fully saturated rings. The quantitative estimate of drug-likeness (QED) is 0.850. The highest BCUT2D eigenvalue weighted by molar-refractivity contribution is 7.80. The molecular formula is C16H20N2O2S. The number of rotatable bonds is 2. The van der Waals surface area contributed by atoms with Gasteiger partial charge in [-0.2, -0.15) is 0 Å². The summed E-state index contributed by atoms with van der Waals surface area (Å²) in [7, 11) is 0. The van der Waals surface area contributed by atoms with Crippen LogP contribution in [-0.2, 0) is 4.74 Å². The van der Waals surface area contributed by atoms with Crippen LogP contribution in [0.1, 0.15) is 41.6 Å². The van der Waals surface area contributed by atoms with Crippen LogP contribution in [0.15, 0.2) is 24.3 Å². The summed E-state index contributed by atoms with van der Waals surface area (Å²) in [6.45, 7) is 1.31. The minimum atomic E-state index is 0.0877. The van der Waals surface area contributed by atoms with Crippen molar-refractivity contribution in [1.82, 2.24) is 4.90 Å². The standard InChI is InChI=1S/C16H20N2O2S/c17-15(21)11-5-7-12(8-6-11)16(19)18-9-10-20-14-4-2-1-3-13(14)18/h5-8,13-14H,1-4,9-10H2,(H2,17,21). The van der Waals surface area contributed by atoms with Crippen molar-refractivity contribution in [3.05, 3.63) is 35.4 Å². The van der Waals surface area contributed by atoms with Crippen LogP contribution in [0.3, 0.4) is 0 Å². The van der Waals surface area contributed by atoms with Crippen molar-refractivity contribution in [2.75, 3.05) is 13.2 Å². The molecule has 3 rings (SSSR count). The Kier molecular flexibility index (Phi) is 4.22. The van der Waals surface area contributed by atoms with Gasteiger partial charge in [-0.3, -0.25) is 4.79 Å². The summed E-state index contributed by atoms with van der Waals surface area (Å²) >= 11 is 4.94. The van der Waals surface area contributed by atoms with Crippen LogP contribution in [0.5, 0.6) is 0 Å². The average Bonchev–Trinajstić information content (AvgIpc) is 2.53. The van der Waals surface area contributed by atoms with Crippen molar-refractivity contribution in [2.45, 2.75) is 37.8 Å². The predicted octanol–water partition coefficient (Wildman–Crippen LogP) is 2.10. The molecule has 2 unspecified atom stereocenters. The molecule has 4 nitrogen and oxygen atoms in total. The number of nitrogens with zero attached hydrogens (tertiary/aromatic N) is 1. The normalized spacial score (nSPS) is 25.2. The number of morpholine rings is 1. The molecule has 2 N–H and O–H groups in total. The molecule has 2 atom stereocenters. The maximum atomic E-state index is 12.7. The summed E-state index contributed by atoms with van der Waals surface area (Å²) in [5.41, 5.74) is 7.08. The van der Waals surface area contributed by atoms with Crippen LogP contribution >= 0.6 is 12.2 Å². The number of hydrogen-bond acceptors (Lipinski definition) is 3. The van der Waals surface area contributed by atoms with Gasteiger partial charge in [0.2, 0.25) is 0 Å². The van der Waals surface area contributed by atoms with E-state index in [9.17, 15) is 4.79 Å². The molecule has 1 aliphatic carbocycles. The highest BCUT2D eigenvalue weighted by atomic mass is 32.1. The molecule has 0 aromatic heterocycles. The second-order valence-electron chi connectivity index (χ2n) is 5.70. The third-order valence-electron chi connectivity index (χ3n) is 4.41. The first-order chi connectivity index (χ1) is 10.2. The lowest BCUT2D eigenvalue weighted by Gasteiger charge is -2.43. The number of carbonyl (C=O) groups is 1. The Hall–Kier alpha value is -1.46. The Morgan fingerprint density at radius 2 is 1.86 bits per heavy atom. The third kappa shape index (κ3) is 2.94. The Morgan fingerprint density at radius 1 is 1.19 bits per heavy atom. The van der Waals surface area contributed by atoms with E-state index in [0.29, 0.717) is 23.7 Å².